The molecule has 4 heteroatoms. The summed E-state index contributed by atoms with van der Waals surface area (Å²) in [4.78, 5) is 13.5. The average Bonchev–Trinajstić information content (AvgIpc) is 1.99. The fourth-order valence-corrected chi connectivity index (χ4v) is 1.79. The lowest BCUT2D eigenvalue weighted by molar-refractivity contribution is -0.00325. The minimum absolute atomic E-state index is 0.0810. The van der Waals surface area contributed by atoms with Crippen molar-refractivity contribution in [1.82, 2.24) is 10.2 Å². The van der Waals surface area contributed by atoms with E-state index in [4.69, 9.17) is 0 Å². The molecule has 1 heterocycles. The maximum absolute atomic E-state index is 11.8. The first-order valence-electron chi connectivity index (χ1n) is 5.49. The van der Waals surface area contributed by atoms with E-state index in [1.54, 1.807) is 11.8 Å². The van der Waals surface area contributed by atoms with Crippen molar-refractivity contribution in [2.24, 2.45) is 0 Å². The Hall–Kier alpha value is -0.770. The summed E-state index contributed by atoms with van der Waals surface area (Å²) in [6.45, 7) is 8.80. The summed E-state index contributed by atoms with van der Waals surface area (Å²) in [6, 6.07) is -0.0810. The molecule has 2 N–H and O–H groups in total. The summed E-state index contributed by atoms with van der Waals surface area (Å²) in [5.41, 5.74) is -0.951. The van der Waals surface area contributed by atoms with Crippen LogP contribution in [-0.2, 0) is 0 Å². The van der Waals surface area contributed by atoms with Crippen LogP contribution in [0.15, 0.2) is 0 Å². The van der Waals surface area contributed by atoms with Crippen molar-refractivity contribution in [3.8, 4) is 0 Å². The number of rotatable bonds is 0. The standard InChI is InChI=1S/C11H22N2O2/c1-10(2,3)12-9(14)13-7-5-6-11(4,15)8-13/h15H,5-8H2,1-4H3,(H,12,14). The Morgan fingerprint density at radius 3 is 2.53 bits per heavy atom. The summed E-state index contributed by atoms with van der Waals surface area (Å²) in [5, 5.41) is 12.8. The highest BCUT2D eigenvalue weighted by Gasteiger charge is 2.31. The topological polar surface area (TPSA) is 52.6 Å². The summed E-state index contributed by atoms with van der Waals surface area (Å²) < 4.78 is 0. The lowest BCUT2D eigenvalue weighted by Gasteiger charge is -2.38. The fraction of sp³-hybridized carbons (Fsp3) is 0.909. The van der Waals surface area contributed by atoms with Crippen molar-refractivity contribution in [3.05, 3.63) is 0 Å². The molecule has 0 radical (unpaired) electrons. The molecule has 0 aromatic heterocycles. The second-order valence-corrected chi connectivity index (χ2v) is 5.70. The number of hydrogen-bond donors (Lipinski definition) is 2. The fourth-order valence-electron chi connectivity index (χ4n) is 1.79. The van der Waals surface area contributed by atoms with Crippen LogP contribution in [-0.4, -0.2) is 40.3 Å². The molecule has 1 aliphatic heterocycles. The Kier molecular flexibility index (Phi) is 3.28. The zero-order valence-corrected chi connectivity index (χ0v) is 10.1. The smallest absolute Gasteiger partial charge is 0.317 e. The van der Waals surface area contributed by atoms with Crippen LogP contribution in [0.2, 0.25) is 0 Å². The van der Waals surface area contributed by atoms with E-state index in [1.807, 2.05) is 20.8 Å². The highest BCUT2D eigenvalue weighted by molar-refractivity contribution is 5.75. The maximum Gasteiger partial charge on any atom is 0.317 e. The molecule has 0 bridgehead atoms. The van der Waals surface area contributed by atoms with E-state index in [2.05, 4.69) is 5.32 Å². The molecule has 1 atom stereocenters. The van der Waals surface area contributed by atoms with Gasteiger partial charge in [-0.15, -0.1) is 0 Å². The number of hydrogen-bond acceptors (Lipinski definition) is 2. The van der Waals surface area contributed by atoms with Gasteiger partial charge in [-0.05, 0) is 40.5 Å². The van der Waals surface area contributed by atoms with Crippen LogP contribution in [0.3, 0.4) is 0 Å². The molecule has 0 aliphatic carbocycles. The van der Waals surface area contributed by atoms with E-state index < -0.39 is 5.60 Å². The predicted molar refractivity (Wildman–Crippen MR) is 59.7 cm³/mol. The van der Waals surface area contributed by atoms with Crippen LogP contribution >= 0.6 is 0 Å². The molecule has 1 rings (SSSR count). The van der Waals surface area contributed by atoms with Gasteiger partial charge in [0.25, 0.3) is 0 Å². The predicted octanol–water partition coefficient (Wildman–Crippen LogP) is 1.34. The molecular formula is C11H22N2O2. The van der Waals surface area contributed by atoms with Gasteiger partial charge < -0.3 is 15.3 Å². The van der Waals surface area contributed by atoms with Crippen molar-refractivity contribution in [3.63, 3.8) is 0 Å². The number of nitrogens with zero attached hydrogens (tertiary/aromatic N) is 1. The third kappa shape index (κ3) is 4.08. The molecule has 1 fully saturated rings. The number of urea groups is 1. The third-order valence-corrected chi connectivity index (χ3v) is 2.44. The van der Waals surface area contributed by atoms with Crippen LogP contribution in [0.4, 0.5) is 4.79 Å². The highest BCUT2D eigenvalue weighted by atomic mass is 16.3. The lowest BCUT2D eigenvalue weighted by atomic mass is 9.95. The monoisotopic (exact) mass is 214 g/mol. The molecule has 2 amide bonds. The van der Waals surface area contributed by atoms with Gasteiger partial charge in [0.15, 0.2) is 0 Å². The van der Waals surface area contributed by atoms with Crippen molar-refractivity contribution in [2.45, 2.75) is 51.7 Å². The number of amides is 2. The minimum Gasteiger partial charge on any atom is -0.388 e. The summed E-state index contributed by atoms with van der Waals surface area (Å²) in [6.07, 6.45) is 1.64. The normalized spacial score (nSPS) is 27.7. The van der Waals surface area contributed by atoms with E-state index in [9.17, 15) is 9.90 Å². The summed E-state index contributed by atoms with van der Waals surface area (Å²) in [7, 11) is 0. The maximum atomic E-state index is 11.8. The SMILES string of the molecule is CC1(O)CCCN(C(=O)NC(C)(C)C)C1. The van der Waals surface area contributed by atoms with Crippen LogP contribution < -0.4 is 5.32 Å². The Morgan fingerprint density at radius 2 is 2.07 bits per heavy atom. The average molecular weight is 214 g/mol. The first-order chi connectivity index (χ1) is 6.70. The first-order valence-corrected chi connectivity index (χ1v) is 5.49. The van der Waals surface area contributed by atoms with Crippen molar-refractivity contribution in [1.29, 1.82) is 0 Å². The molecule has 0 spiro atoms. The van der Waals surface area contributed by atoms with E-state index in [0.717, 1.165) is 19.4 Å². The Balaban J connectivity index is 2.53. The van der Waals surface area contributed by atoms with Gasteiger partial charge in [0.1, 0.15) is 0 Å². The number of nitrogens with one attached hydrogen (secondary N) is 1. The highest BCUT2D eigenvalue weighted by Crippen LogP contribution is 2.20. The first kappa shape index (κ1) is 12.3. The molecule has 1 unspecified atom stereocenters. The van der Waals surface area contributed by atoms with Gasteiger partial charge in [-0.25, -0.2) is 4.79 Å². The van der Waals surface area contributed by atoms with Gasteiger partial charge in [-0.2, -0.15) is 0 Å². The largest absolute Gasteiger partial charge is 0.388 e. The Bertz CT molecular complexity index is 243. The summed E-state index contributed by atoms with van der Waals surface area (Å²) >= 11 is 0. The van der Waals surface area contributed by atoms with Gasteiger partial charge in [-0.1, -0.05) is 0 Å². The van der Waals surface area contributed by atoms with Crippen molar-refractivity contribution >= 4 is 6.03 Å². The van der Waals surface area contributed by atoms with Gasteiger partial charge >= 0.3 is 6.03 Å². The molecule has 1 aliphatic rings. The zero-order chi connectivity index (χ0) is 11.7. The molecule has 15 heavy (non-hydrogen) atoms. The second kappa shape index (κ2) is 4.00. The van der Waals surface area contributed by atoms with Gasteiger partial charge in [0, 0.05) is 12.1 Å². The van der Waals surface area contributed by atoms with Gasteiger partial charge in [0.2, 0.25) is 0 Å². The molecule has 1 saturated heterocycles. The van der Waals surface area contributed by atoms with Gasteiger partial charge in [-0.3, -0.25) is 0 Å². The van der Waals surface area contributed by atoms with Crippen LogP contribution in [0.5, 0.6) is 0 Å². The second-order valence-electron chi connectivity index (χ2n) is 5.70. The number of carbonyl (C=O) groups excluding carboxylic acids is 1. The minimum atomic E-state index is -0.729. The number of aliphatic hydroxyl groups is 1. The number of β-amino-alcohol motifs (C(OH)–C–C–N with tert-alkyl or cyclic N) is 1. The molecule has 4 nitrogen and oxygen atoms in total. The number of carbonyl (C=O) groups is 1. The third-order valence-electron chi connectivity index (χ3n) is 2.44. The molecule has 0 saturated carbocycles. The molecule has 0 aromatic carbocycles. The Labute approximate surface area is 91.6 Å². The number of likely N-dealkylation sites (tertiary alicyclic amines) is 1. The Morgan fingerprint density at radius 1 is 1.47 bits per heavy atom. The van der Waals surface area contributed by atoms with E-state index in [1.165, 1.54) is 0 Å². The lowest BCUT2D eigenvalue weighted by Crippen LogP contribution is -2.55. The quantitative estimate of drug-likeness (QED) is 0.639. The number of piperidine rings is 1. The van der Waals surface area contributed by atoms with Gasteiger partial charge in [0.05, 0.1) is 12.1 Å². The molecule has 88 valence electrons. The molecular weight excluding hydrogens is 192 g/mol. The van der Waals surface area contributed by atoms with E-state index >= 15 is 0 Å². The van der Waals surface area contributed by atoms with Crippen LogP contribution in [0.1, 0.15) is 40.5 Å². The van der Waals surface area contributed by atoms with Crippen LogP contribution in [0, 0.1) is 0 Å². The molecule has 0 aromatic rings. The van der Waals surface area contributed by atoms with Crippen LogP contribution in [0.25, 0.3) is 0 Å². The van der Waals surface area contributed by atoms with Crippen molar-refractivity contribution in [2.75, 3.05) is 13.1 Å². The van der Waals surface area contributed by atoms with E-state index in [-0.39, 0.29) is 11.6 Å². The zero-order valence-electron chi connectivity index (χ0n) is 10.1. The van der Waals surface area contributed by atoms with Crippen molar-refractivity contribution < 1.29 is 9.90 Å². The summed E-state index contributed by atoms with van der Waals surface area (Å²) in [5.74, 6) is 0. The van der Waals surface area contributed by atoms with E-state index in [0.29, 0.717) is 6.54 Å².